The summed E-state index contributed by atoms with van der Waals surface area (Å²) in [6.45, 7) is 0.959. The minimum atomic E-state index is -4.47. The van der Waals surface area contributed by atoms with E-state index in [1.54, 1.807) is 24.3 Å². The second-order valence-electron chi connectivity index (χ2n) is 6.86. The van der Waals surface area contributed by atoms with Gasteiger partial charge in [0.15, 0.2) is 5.76 Å². The monoisotopic (exact) mass is 430 g/mol. The van der Waals surface area contributed by atoms with Gasteiger partial charge in [0, 0.05) is 17.8 Å². The molecule has 1 aromatic heterocycles. The summed E-state index contributed by atoms with van der Waals surface area (Å²) in [5.41, 5.74) is 0.850. The zero-order valence-electron chi connectivity index (χ0n) is 16.1. The van der Waals surface area contributed by atoms with Crippen molar-refractivity contribution in [1.82, 2.24) is 5.32 Å². The molecule has 0 radical (unpaired) electrons. The lowest BCUT2D eigenvalue weighted by Gasteiger charge is -2.14. The number of furan rings is 1. The van der Waals surface area contributed by atoms with E-state index < -0.39 is 23.7 Å². The number of ether oxygens (including phenoxy) is 1. The van der Waals surface area contributed by atoms with E-state index in [2.05, 4.69) is 5.32 Å². The van der Waals surface area contributed by atoms with Crippen LogP contribution in [0.25, 0.3) is 11.3 Å². The second-order valence-corrected chi connectivity index (χ2v) is 6.86. The summed E-state index contributed by atoms with van der Waals surface area (Å²) in [5, 5.41) is 2.70. The first kappa shape index (κ1) is 20.5. The zero-order chi connectivity index (χ0) is 22.0. The Morgan fingerprint density at radius 1 is 1.06 bits per heavy atom. The molecule has 2 aromatic carbocycles. The molecule has 0 spiro atoms. The molecule has 9 heteroatoms. The van der Waals surface area contributed by atoms with Crippen molar-refractivity contribution < 1.29 is 31.9 Å². The molecule has 2 amide bonds. The van der Waals surface area contributed by atoms with Gasteiger partial charge >= 0.3 is 12.3 Å². The van der Waals surface area contributed by atoms with Gasteiger partial charge in [-0.3, -0.25) is 9.69 Å². The van der Waals surface area contributed by atoms with Crippen LogP contribution < -0.4 is 10.2 Å². The standard InChI is InChI=1S/C22H17F3N2O4/c23-22(24,25)16-5-2-4-15(12-16)18-7-8-19(31-18)20(28)26-13-14-3-1-6-17(11-14)27-9-10-30-21(27)29/h1-8,11-12H,9-10,13H2,(H,26,28). The number of hydrogen-bond acceptors (Lipinski definition) is 4. The van der Waals surface area contributed by atoms with E-state index in [9.17, 15) is 22.8 Å². The average molecular weight is 430 g/mol. The van der Waals surface area contributed by atoms with Crippen LogP contribution in [0.2, 0.25) is 0 Å². The Hall–Kier alpha value is -3.75. The van der Waals surface area contributed by atoms with Crippen molar-refractivity contribution in [1.29, 1.82) is 0 Å². The number of halogens is 3. The third-order valence-corrected chi connectivity index (χ3v) is 4.74. The Labute approximate surface area is 175 Å². The van der Waals surface area contributed by atoms with Gasteiger partial charge in [-0.2, -0.15) is 13.2 Å². The van der Waals surface area contributed by atoms with Gasteiger partial charge in [-0.05, 0) is 42.0 Å². The lowest BCUT2D eigenvalue weighted by Crippen LogP contribution is -2.24. The summed E-state index contributed by atoms with van der Waals surface area (Å²) >= 11 is 0. The van der Waals surface area contributed by atoms with Crippen molar-refractivity contribution in [2.24, 2.45) is 0 Å². The molecule has 1 fully saturated rings. The maximum atomic E-state index is 12.9. The molecule has 3 aromatic rings. The van der Waals surface area contributed by atoms with E-state index in [0.717, 1.165) is 17.7 Å². The molecule has 31 heavy (non-hydrogen) atoms. The van der Waals surface area contributed by atoms with Crippen molar-refractivity contribution in [3.63, 3.8) is 0 Å². The highest BCUT2D eigenvalue weighted by Crippen LogP contribution is 2.32. The molecule has 1 aliphatic heterocycles. The van der Waals surface area contributed by atoms with Crippen LogP contribution in [0.3, 0.4) is 0 Å². The number of anilines is 1. The van der Waals surface area contributed by atoms with Crippen molar-refractivity contribution >= 4 is 17.7 Å². The smallest absolute Gasteiger partial charge is 0.416 e. The molecule has 6 nitrogen and oxygen atoms in total. The normalized spacial score (nSPS) is 13.9. The fourth-order valence-corrected chi connectivity index (χ4v) is 3.20. The third-order valence-electron chi connectivity index (χ3n) is 4.74. The highest BCUT2D eigenvalue weighted by atomic mass is 19.4. The summed E-state index contributed by atoms with van der Waals surface area (Å²) in [6, 6.07) is 14.6. The molecular weight excluding hydrogens is 413 g/mol. The number of carbonyl (C=O) groups excluding carboxylic acids is 2. The van der Waals surface area contributed by atoms with Gasteiger partial charge in [0.05, 0.1) is 12.1 Å². The lowest BCUT2D eigenvalue weighted by atomic mass is 10.1. The Morgan fingerprint density at radius 2 is 1.87 bits per heavy atom. The maximum Gasteiger partial charge on any atom is 0.416 e. The van der Waals surface area contributed by atoms with Gasteiger partial charge in [0.1, 0.15) is 12.4 Å². The molecule has 1 saturated heterocycles. The fraction of sp³-hybridized carbons (Fsp3) is 0.182. The van der Waals surface area contributed by atoms with Crippen molar-refractivity contribution in [3.8, 4) is 11.3 Å². The average Bonchev–Trinajstić information content (AvgIpc) is 3.41. The van der Waals surface area contributed by atoms with Crippen LogP contribution in [0.5, 0.6) is 0 Å². The first-order valence-corrected chi connectivity index (χ1v) is 9.40. The third kappa shape index (κ3) is 4.55. The van der Waals surface area contributed by atoms with E-state index in [4.69, 9.17) is 9.15 Å². The van der Waals surface area contributed by atoms with Crippen molar-refractivity contribution in [2.75, 3.05) is 18.1 Å². The van der Waals surface area contributed by atoms with E-state index in [1.807, 2.05) is 0 Å². The van der Waals surface area contributed by atoms with Gasteiger partial charge in [0.25, 0.3) is 5.91 Å². The molecule has 0 atom stereocenters. The van der Waals surface area contributed by atoms with Crippen LogP contribution in [0.1, 0.15) is 21.7 Å². The Bertz CT molecular complexity index is 1120. The lowest BCUT2D eigenvalue weighted by molar-refractivity contribution is -0.137. The minimum Gasteiger partial charge on any atom is -0.451 e. The largest absolute Gasteiger partial charge is 0.451 e. The second kappa shape index (κ2) is 8.17. The van der Waals surface area contributed by atoms with Crippen LogP contribution >= 0.6 is 0 Å². The van der Waals surface area contributed by atoms with Gasteiger partial charge in [0.2, 0.25) is 0 Å². The number of nitrogens with zero attached hydrogens (tertiary/aromatic N) is 1. The topological polar surface area (TPSA) is 71.8 Å². The number of benzene rings is 2. The number of alkyl halides is 3. The summed E-state index contributed by atoms with van der Waals surface area (Å²) in [7, 11) is 0. The number of rotatable bonds is 5. The summed E-state index contributed by atoms with van der Waals surface area (Å²) in [6.07, 6.45) is -4.89. The van der Waals surface area contributed by atoms with E-state index >= 15 is 0 Å². The quantitative estimate of drug-likeness (QED) is 0.628. The number of cyclic esters (lactones) is 1. The summed E-state index contributed by atoms with van der Waals surface area (Å²) < 4.78 is 49.1. The Balaban J connectivity index is 1.43. The van der Waals surface area contributed by atoms with Crippen LogP contribution in [-0.4, -0.2) is 25.2 Å². The Kier molecular flexibility index (Phi) is 5.41. The highest BCUT2D eigenvalue weighted by molar-refractivity contribution is 5.92. The van der Waals surface area contributed by atoms with Gasteiger partial charge in [-0.1, -0.05) is 24.3 Å². The molecule has 0 bridgehead atoms. The number of amides is 2. The predicted molar refractivity (Wildman–Crippen MR) is 105 cm³/mol. The van der Waals surface area contributed by atoms with Gasteiger partial charge in [-0.15, -0.1) is 0 Å². The van der Waals surface area contributed by atoms with Crippen LogP contribution in [-0.2, 0) is 17.5 Å². The predicted octanol–water partition coefficient (Wildman–Crippen LogP) is 4.85. The molecular formula is C22H17F3N2O4. The minimum absolute atomic E-state index is 0.0216. The van der Waals surface area contributed by atoms with E-state index in [-0.39, 0.29) is 23.6 Å². The molecule has 0 unspecified atom stereocenters. The van der Waals surface area contributed by atoms with Gasteiger partial charge < -0.3 is 14.5 Å². The zero-order valence-corrected chi connectivity index (χ0v) is 16.1. The number of carbonyl (C=O) groups is 2. The van der Waals surface area contributed by atoms with Crippen LogP contribution in [0, 0.1) is 0 Å². The first-order valence-electron chi connectivity index (χ1n) is 9.40. The summed E-state index contributed by atoms with van der Waals surface area (Å²) in [4.78, 5) is 25.6. The van der Waals surface area contributed by atoms with Crippen LogP contribution in [0.4, 0.5) is 23.7 Å². The molecule has 0 aliphatic carbocycles. The molecule has 1 aliphatic rings. The Morgan fingerprint density at radius 3 is 2.61 bits per heavy atom. The fourth-order valence-electron chi connectivity index (χ4n) is 3.20. The first-order chi connectivity index (χ1) is 14.8. The maximum absolute atomic E-state index is 12.9. The molecule has 1 N–H and O–H groups in total. The van der Waals surface area contributed by atoms with E-state index in [1.165, 1.54) is 29.2 Å². The SMILES string of the molecule is O=C(NCc1cccc(N2CCOC2=O)c1)c1ccc(-c2cccc(C(F)(F)F)c2)o1. The number of nitrogens with one attached hydrogen (secondary N) is 1. The van der Waals surface area contributed by atoms with Crippen molar-refractivity contribution in [2.45, 2.75) is 12.7 Å². The molecule has 0 saturated carbocycles. The van der Waals surface area contributed by atoms with Crippen LogP contribution in [0.15, 0.2) is 65.1 Å². The van der Waals surface area contributed by atoms with Crippen molar-refractivity contribution in [3.05, 3.63) is 77.6 Å². The molecule has 160 valence electrons. The number of hydrogen-bond donors (Lipinski definition) is 1. The molecule has 4 rings (SSSR count). The molecule has 2 heterocycles. The highest BCUT2D eigenvalue weighted by Gasteiger charge is 2.30. The van der Waals surface area contributed by atoms with E-state index in [0.29, 0.717) is 18.8 Å². The summed E-state index contributed by atoms with van der Waals surface area (Å²) in [5.74, 6) is -0.373. The van der Waals surface area contributed by atoms with Gasteiger partial charge in [-0.25, -0.2) is 4.79 Å².